The molecule has 7 nitrogen and oxygen atoms in total. The number of nitrogens with one attached hydrogen (secondary N) is 1. The van der Waals surface area contributed by atoms with Crippen molar-refractivity contribution in [3.63, 3.8) is 0 Å². The van der Waals surface area contributed by atoms with E-state index >= 15 is 0 Å². The Morgan fingerprint density at radius 1 is 1.36 bits per heavy atom. The summed E-state index contributed by atoms with van der Waals surface area (Å²) in [4.78, 5) is 16.0. The topological polar surface area (TPSA) is 85.9 Å². The average molecular weight is 364 g/mol. The van der Waals surface area contributed by atoms with E-state index in [2.05, 4.69) is 15.2 Å². The van der Waals surface area contributed by atoms with Crippen LogP contribution in [0.5, 0.6) is 0 Å². The van der Waals surface area contributed by atoms with Crippen LogP contribution < -0.4 is 5.69 Å². The third-order valence-corrected chi connectivity index (χ3v) is 4.42. The van der Waals surface area contributed by atoms with Crippen LogP contribution in [0.25, 0.3) is 11.3 Å². The van der Waals surface area contributed by atoms with E-state index in [0.717, 1.165) is 12.0 Å². The van der Waals surface area contributed by atoms with Crippen molar-refractivity contribution in [2.75, 3.05) is 13.7 Å². The van der Waals surface area contributed by atoms with Gasteiger partial charge in [-0.05, 0) is 30.7 Å². The summed E-state index contributed by atoms with van der Waals surface area (Å²) < 4.78 is 25.2. The second-order valence-electron chi connectivity index (χ2n) is 5.22. The van der Waals surface area contributed by atoms with Crippen LogP contribution >= 0.6 is 11.8 Å². The number of benzene rings is 1. The van der Waals surface area contributed by atoms with Crippen molar-refractivity contribution < 1.29 is 13.5 Å². The van der Waals surface area contributed by atoms with Gasteiger partial charge in [-0.25, -0.2) is 19.3 Å². The average Bonchev–Trinajstić information content (AvgIpc) is 3.22. The molecule has 0 aliphatic carbocycles. The van der Waals surface area contributed by atoms with Gasteiger partial charge in [-0.1, -0.05) is 11.8 Å². The van der Waals surface area contributed by atoms with Crippen molar-refractivity contribution in [3.05, 3.63) is 52.7 Å². The van der Waals surface area contributed by atoms with Crippen LogP contribution in [0.3, 0.4) is 0 Å². The second-order valence-corrected chi connectivity index (χ2v) is 6.17. The minimum absolute atomic E-state index is 0.252. The number of aromatic nitrogens is 4. The number of rotatable bonds is 8. The summed E-state index contributed by atoms with van der Waals surface area (Å²) in [5.41, 5.74) is 0.499. The van der Waals surface area contributed by atoms with Gasteiger partial charge in [0, 0.05) is 25.8 Å². The molecule has 0 fully saturated rings. The van der Waals surface area contributed by atoms with E-state index in [0.29, 0.717) is 35.7 Å². The molecule has 1 aromatic carbocycles. The zero-order chi connectivity index (χ0) is 17.6. The quantitative estimate of drug-likeness (QED) is 0.489. The number of halogens is 1. The van der Waals surface area contributed by atoms with Gasteiger partial charge in [0.15, 0.2) is 10.9 Å². The second kappa shape index (κ2) is 8.13. The zero-order valence-electron chi connectivity index (χ0n) is 13.6. The number of methoxy groups -OCH3 is 1. The van der Waals surface area contributed by atoms with Crippen LogP contribution in [0.4, 0.5) is 4.39 Å². The molecule has 0 bridgehead atoms. The first kappa shape index (κ1) is 17.4. The standard InChI is InChI=1S/C16H17FN4O3S/c1-23-8-2-7-21-15(22)19-20-16(21)25-10-14-18-9-13(24-14)11-3-5-12(17)6-4-11/h3-6,9H,2,7-8,10H2,1H3,(H,19,22). The molecule has 0 radical (unpaired) electrons. The Labute approximate surface area is 147 Å². The fourth-order valence-electron chi connectivity index (χ4n) is 2.23. The number of aromatic amines is 1. The van der Waals surface area contributed by atoms with Crippen LogP contribution in [0.15, 0.2) is 44.8 Å². The molecule has 0 atom stereocenters. The van der Waals surface area contributed by atoms with E-state index in [1.54, 1.807) is 30.0 Å². The highest BCUT2D eigenvalue weighted by Gasteiger charge is 2.12. The predicted octanol–water partition coefficient (Wildman–Crippen LogP) is 2.69. The Morgan fingerprint density at radius 2 is 2.16 bits per heavy atom. The number of H-pyrrole nitrogens is 1. The molecule has 0 aliphatic heterocycles. The van der Waals surface area contributed by atoms with Crippen LogP contribution in [0, 0.1) is 5.82 Å². The molecular formula is C16H17FN4O3S. The van der Waals surface area contributed by atoms with E-state index in [9.17, 15) is 9.18 Å². The molecule has 0 spiro atoms. The van der Waals surface area contributed by atoms with Crippen LogP contribution in [0.2, 0.25) is 0 Å². The largest absolute Gasteiger partial charge is 0.440 e. The molecule has 25 heavy (non-hydrogen) atoms. The minimum Gasteiger partial charge on any atom is -0.440 e. The third kappa shape index (κ3) is 4.37. The molecular weight excluding hydrogens is 347 g/mol. The molecule has 3 rings (SSSR count). The van der Waals surface area contributed by atoms with Gasteiger partial charge in [0.05, 0.1) is 11.9 Å². The summed E-state index contributed by atoms with van der Waals surface area (Å²) in [7, 11) is 1.62. The fraction of sp³-hybridized carbons (Fsp3) is 0.312. The summed E-state index contributed by atoms with van der Waals surface area (Å²) in [6.45, 7) is 1.10. The van der Waals surface area contributed by atoms with Crippen molar-refractivity contribution >= 4 is 11.8 Å². The lowest BCUT2D eigenvalue weighted by Gasteiger charge is -2.03. The first-order chi connectivity index (χ1) is 12.2. The van der Waals surface area contributed by atoms with Gasteiger partial charge in [-0.2, -0.15) is 0 Å². The number of oxazole rings is 1. The number of hydrogen-bond acceptors (Lipinski definition) is 6. The highest BCUT2D eigenvalue weighted by Crippen LogP contribution is 2.24. The van der Waals surface area contributed by atoms with Gasteiger partial charge in [0.1, 0.15) is 5.82 Å². The normalized spacial score (nSPS) is 11.1. The first-order valence-electron chi connectivity index (χ1n) is 7.65. The maximum atomic E-state index is 13.0. The van der Waals surface area contributed by atoms with E-state index < -0.39 is 0 Å². The molecule has 132 valence electrons. The lowest BCUT2D eigenvalue weighted by Crippen LogP contribution is -2.18. The van der Waals surface area contributed by atoms with Crippen LogP contribution in [0.1, 0.15) is 12.3 Å². The van der Waals surface area contributed by atoms with Gasteiger partial charge in [0.25, 0.3) is 0 Å². The fourth-order valence-corrected chi connectivity index (χ4v) is 3.05. The van der Waals surface area contributed by atoms with Gasteiger partial charge >= 0.3 is 5.69 Å². The first-order valence-corrected chi connectivity index (χ1v) is 8.63. The smallest absolute Gasteiger partial charge is 0.343 e. The molecule has 0 unspecified atom stereocenters. The SMILES string of the molecule is COCCCn1c(SCc2ncc(-c3ccc(F)cc3)o2)n[nH]c1=O. The summed E-state index contributed by atoms with van der Waals surface area (Å²) >= 11 is 1.35. The van der Waals surface area contributed by atoms with Crippen molar-refractivity contribution in [2.45, 2.75) is 23.9 Å². The predicted molar refractivity (Wildman–Crippen MR) is 90.8 cm³/mol. The summed E-state index contributed by atoms with van der Waals surface area (Å²) in [5, 5.41) is 7.04. The van der Waals surface area contributed by atoms with Crippen LogP contribution in [-0.4, -0.2) is 33.5 Å². The van der Waals surface area contributed by atoms with Crippen molar-refractivity contribution in [1.82, 2.24) is 19.7 Å². The Morgan fingerprint density at radius 3 is 2.92 bits per heavy atom. The highest BCUT2D eigenvalue weighted by molar-refractivity contribution is 7.98. The molecule has 0 aliphatic rings. The Bertz CT molecular complexity index is 872. The zero-order valence-corrected chi connectivity index (χ0v) is 14.4. The maximum absolute atomic E-state index is 13.0. The number of hydrogen-bond donors (Lipinski definition) is 1. The highest BCUT2D eigenvalue weighted by atomic mass is 32.2. The molecule has 1 N–H and O–H groups in total. The van der Waals surface area contributed by atoms with Crippen molar-refractivity contribution in [1.29, 1.82) is 0 Å². The Balaban J connectivity index is 1.65. The molecule has 2 aromatic heterocycles. The summed E-state index contributed by atoms with van der Waals surface area (Å²) in [6.07, 6.45) is 2.32. The minimum atomic E-state index is -0.302. The molecule has 0 saturated carbocycles. The van der Waals surface area contributed by atoms with Crippen molar-refractivity contribution in [2.24, 2.45) is 0 Å². The lowest BCUT2D eigenvalue weighted by molar-refractivity contribution is 0.189. The van der Waals surface area contributed by atoms with Gasteiger partial charge in [-0.15, -0.1) is 5.10 Å². The van der Waals surface area contributed by atoms with Gasteiger partial charge in [-0.3, -0.25) is 4.57 Å². The van der Waals surface area contributed by atoms with Crippen molar-refractivity contribution in [3.8, 4) is 11.3 Å². The summed E-state index contributed by atoms with van der Waals surface area (Å²) in [6, 6.07) is 6.01. The summed E-state index contributed by atoms with van der Waals surface area (Å²) in [5.74, 6) is 1.19. The number of ether oxygens (including phenoxy) is 1. The Kier molecular flexibility index (Phi) is 5.67. The van der Waals surface area contributed by atoms with E-state index in [-0.39, 0.29) is 11.5 Å². The third-order valence-electron chi connectivity index (χ3n) is 3.46. The van der Waals surface area contributed by atoms with Crippen LogP contribution in [-0.2, 0) is 17.0 Å². The lowest BCUT2D eigenvalue weighted by atomic mass is 10.2. The van der Waals surface area contributed by atoms with E-state index in [1.807, 2.05) is 0 Å². The van der Waals surface area contributed by atoms with E-state index in [4.69, 9.17) is 9.15 Å². The molecule has 0 amide bonds. The Hall–Kier alpha value is -2.39. The number of nitrogens with zero attached hydrogens (tertiary/aromatic N) is 3. The molecule has 0 saturated heterocycles. The molecule has 3 aromatic rings. The monoisotopic (exact) mass is 364 g/mol. The molecule has 2 heterocycles. The number of thioether (sulfide) groups is 1. The maximum Gasteiger partial charge on any atom is 0.343 e. The van der Waals surface area contributed by atoms with E-state index in [1.165, 1.54) is 23.9 Å². The van der Waals surface area contributed by atoms with Gasteiger partial charge in [0.2, 0.25) is 5.89 Å². The molecule has 9 heteroatoms. The van der Waals surface area contributed by atoms with Gasteiger partial charge < -0.3 is 9.15 Å².